The molecule has 0 atom stereocenters. The van der Waals surface area contributed by atoms with E-state index in [9.17, 15) is 19.7 Å². The highest BCUT2D eigenvalue weighted by Gasteiger charge is 2.20. The first kappa shape index (κ1) is 14.6. The van der Waals surface area contributed by atoms with Gasteiger partial charge in [0.15, 0.2) is 0 Å². The van der Waals surface area contributed by atoms with Gasteiger partial charge in [-0.25, -0.2) is 0 Å². The Bertz CT molecular complexity index is 514. The van der Waals surface area contributed by atoms with Crippen LogP contribution in [-0.4, -0.2) is 22.3 Å². The van der Waals surface area contributed by atoms with Gasteiger partial charge in [0.25, 0.3) is 11.6 Å². The SMILES string of the molecule is CC(C)(C)NC(=O)c1cc(C(N)=O)cc([N+](=O)[O-])c1. The number of nitro groups is 1. The van der Waals surface area contributed by atoms with Crippen molar-refractivity contribution < 1.29 is 14.5 Å². The number of hydrogen-bond donors (Lipinski definition) is 2. The lowest BCUT2D eigenvalue weighted by molar-refractivity contribution is -0.384. The fraction of sp³-hybridized carbons (Fsp3) is 0.333. The minimum absolute atomic E-state index is 0.0259. The number of rotatable bonds is 3. The Balaban J connectivity index is 3.23. The van der Waals surface area contributed by atoms with Crippen LogP contribution < -0.4 is 11.1 Å². The molecule has 0 radical (unpaired) electrons. The van der Waals surface area contributed by atoms with Crippen LogP contribution in [0.4, 0.5) is 5.69 Å². The van der Waals surface area contributed by atoms with Crippen LogP contribution in [0, 0.1) is 10.1 Å². The number of nitrogens with one attached hydrogen (secondary N) is 1. The fourth-order valence-corrected chi connectivity index (χ4v) is 1.40. The highest BCUT2D eigenvalue weighted by Crippen LogP contribution is 2.17. The van der Waals surface area contributed by atoms with Gasteiger partial charge in [-0.3, -0.25) is 19.7 Å². The van der Waals surface area contributed by atoms with Gasteiger partial charge >= 0.3 is 0 Å². The van der Waals surface area contributed by atoms with E-state index in [1.807, 2.05) is 0 Å². The lowest BCUT2D eigenvalue weighted by Gasteiger charge is -2.20. The molecule has 7 nitrogen and oxygen atoms in total. The van der Waals surface area contributed by atoms with Gasteiger partial charge in [-0.15, -0.1) is 0 Å². The number of benzene rings is 1. The Hall–Kier alpha value is -2.44. The van der Waals surface area contributed by atoms with Gasteiger partial charge < -0.3 is 11.1 Å². The molecular formula is C12H15N3O4. The molecule has 0 bridgehead atoms. The predicted octanol–water partition coefficient (Wildman–Crippen LogP) is 1.22. The van der Waals surface area contributed by atoms with E-state index in [-0.39, 0.29) is 16.8 Å². The highest BCUT2D eigenvalue weighted by atomic mass is 16.6. The third-order valence-corrected chi connectivity index (χ3v) is 2.16. The number of nitro benzene ring substituents is 1. The van der Waals surface area contributed by atoms with E-state index in [4.69, 9.17) is 5.73 Å². The number of carbonyl (C=O) groups excluding carboxylic acids is 2. The van der Waals surface area contributed by atoms with Crippen LogP contribution in [0.5, 0.6) is 0 Å². The Labute approximate surface area is 109 Å². The van der Waals surface area contributed by atoms with E-state index >= 15 is 0 Å². The molecule has 2 amide bonds. The first-order valence-corrected chi connectivity index (χ1v) is 5.52. The Morgan fingerprint density at radius 1 is 1.21 bits per heavy atom. The van der Waals surface area contributed by atoms with Crippen LogP contribution in [0.3, 0.4) is 0 Å². The Morgan fingerprint density at radius 2 is 1.74 bits per heavy atom. The quantitative estimate of drug-likeness (QED) is 0.631. The van der Waals surface area contributed by atoms with Crippen molar-refractivity contribution in [2.75, 3.05) is 0 Å². The molecule has 0 aromatic heterocycles. The summed E-state index contributed by atoms with van der Waals surface area (Å²) in [5.74, 6) is -1.33. The smallest absolute Gasteiger partial charge is 0.271 e. The zero-order chi connectivity index (χ0) is 14.8. The largest absolute Gasteiger partial charge is 0.366 e. The van der Waals surface area contributed by atoms with E-state index in [2.05, 4.69) is 5.32 Å². The maximum Gasteiger partial charge on any atom is 0.271 e. The molecule has 0 aliphatic heterocycles. The number of amides is 2. The Kier molecular flexibility index (Phi) is 3.89. The van der Waals surface area contributed by atoms with Gasteiger partial charge in [0.1, 0.15) is 0 Å². The zero-order valence-corrected chi connectivity index (χ0v) is 10.9. The summed E-state index contributed by atoms with van der Waals surface area (Å²) >= 11 is 0. The average molecular weight is 265 g/mol. The van der Waals surface area contributed by atoms with Crippen LogP contribution in [-0.2, 0) is 0 Å². The van der Waals surface area contributed by atoms with E-state index in [0.717, 1.165) is 12.1 Å². The van der Waals surface area contributed by atoms with E-state index in [0.29, 0.717) is 0 Å². The molecule has 0 aliphatic carbocycles. The molecule has 1 rings (SSSR count). The van der Waals surface area contributed by atoms with E-state index in [1.165, 1.54) is 6.07 Å². The van der Waals surface area contributed by atoms with Crippen LogP contribution >= 0.6 is 0 Å². The van der Waals surface area contributed by atoms with Crippen molar-refractivity contribution in [1.82, 2.24) is 5.32 Å². The molecule has 7 heteroatoms. The lowest BCUT2D eigenvalue weighted by atomic mass is 10.1. The van der Waals surface area contributed by atoms with Gasteiger partial charge in [0, 0.05) is 28.8 Å². The highest BCUT2D eigenvalue weighted by molar-refractivity contribution is 6.00. The maximum atomic E-state index is 11.9. The second-order valence-corrected chi connectivity index (χ2v) is 5.09. The minimum Gasteiger partial charge on any atom is -0.366 e. The van der Waals surface area contributed by atoms with Crippen molar-refractivity contribution in [3.8, 4) is 0 Å². The van der Waals surface area contributed by atoms with Crippen LogP contribution in [0.25, 0.3) is 0 Å². The van der Waals surface area contributed by atoms with E-state index < -0.39 is 22.3 Å². The third-order valence-electron chi connectivity index (χ3n) is 2.16. The lowest BCUT2D eigenvalue weighted by Crippen LogP contribution is -2.40. The fourth-order valence-electron chi connectivity index (χ4n) is 1.40. The van der Waals surface area contributed by atoms with Gasteiger partial charge in [0.2, 0.25) is 5.91 Å². The van der Waals surface area contributed by atoms with Gasteiger partial charge in [0.05, 0.1) is 4.92 Å². The van der Waals surface area contributed by atoms with Crippen LogP contribution in [0.2, 0.25) is 0 Å². The number of nitrogens with zero attached hydrogens (tertiary/aromatic N) is 1. The minimum atomic E-state index is -0.825. The number of hydrogen-bond acceptors (Lipinski definition) is 4. The summed E-state index contributed by atoms with van der Waals surface area (Å²) in [5, 5.41) is 13.4. The first-order valence-electron chi connectivity index (χ1n) is 5.52. The van der Waals surface area contributed by atoms with Crippen molar-refractivity contribution in [2.24, 2.45) is 5.73 Å². The summed E-state index contributed by atoms with van der Waals surface area (Å²) in [4.78, 5) is 33.1. The van der Waals surface area contributed by atoms with Crippen molar-refractivity contribution in [3.05, 3.63) is 39.4 Å². The molecule has 0 fully saturated rings. The second kappa shape index (κ2) is 5.05. The molecule has 3 N–H and O–H groups in total. The molecule has 0 heterocycles. The van der Waals surface area contributed by atoms with Gasteiger partial charge in [-0.1, -0.05) is 0 Å². The summed E-state index contributed by atoms with van der Waals surface area (Å²) in [6.07, 6.45) is 0. The number of carbonyl (C=O) groups is 2. The van der Waals surface area contributed by atoms with Gasteiger partial charge in [-0.2, -0.15) is 0 Å². The molecule has 1 aromatic carbocycles. The molecule has 0 saturated carbocycles. The summed E-state index contributed by atoms with van der Waals surface area (Å²) in [5.41, 5.74) is 4.19. The molecular weight excluding hydrogens is 250 g/mol. The molecule has 19 heavy (non-hydrogen) atoms. The van der Waals surface area contributed by atoms with Crippen molar-refractivity contribution in [2.45, 2.75) is 26.3 Å². The zero-order valence-electron chi connectivity index (χ0n) is 10.9. The van der Waals surface area contributed by atoms with Gasteiger partial charge in [-0.05, 0) is 26.8 Å². The predicted molar refractivity (Wildman–Crippen MR) is 68.8 cm³/mol. The normalized spacial score (nSPS) is 10.9. The number of primary amides is 1. The van der Waals surface area contributed by atoms with Crippen LogP contribution in [0.1, 0.15) is 41.5 Å². The molecule has 0 aliphatic rings. The monoisotopic (exact) mass is 265 g/mol. The summed E-state index contributed by atoms with van der Waals surface area (Å²) in [6.45, 7) is 5.33. The third kappa shape index (κ3) is 4.06. The number of nitrogens with two attached hydrogens (primary N) is 1. The summed E-state index contributed by atoms with van der Waals surface area (Å²) in [6, 6.07) is 3.38. The Morgan fingerprint density at radius 3 is 2.16 bits per heavy atom. The standard InChI is InChI=1S/C12H15N3O4/c1-12(2,3)14-11(17)8-4-7(10(13)16)5-9(6-8)15(18)19/h4-6H,1-3H3,(H2,13,16)(H,14,17). The van der Waals surface area contributed by atoms with Crippen molar-refractivity contribution in [1.29, 1.82) is 0 Å². The molecule has 0 spiro atoms. The summed E-state index contributed by atoms with van der Waals surface area (Å²) < 4.78 is 0. The number of non-ortho nitro benzene ring substituents is 1. The second-order valence-electron chi connectivity index (χ2n) is 5.09. The molecule has 102 valence electrons. The average Bonchev–Trinajstić information content (AvgIpc) is 2.25. The molecule has 0 saturated heterocycles. The molecule has 0 unspecified atom stereocenters. The van der Waals surface area contributed by atoms with Crippen LogP contribution in [0.15, 0.2) is 18.2 Å². The van der Waals surface area contributed by atoms with Crippen molar-refractivity contribution >= 4 is 17.5 Å². The topological polar surface area (TPSA) is 115 Å². The van der Waals surface area contributed by atoms with E-state index in [1.54, 1.807) is 20.8 Å². The first-order chi connectivity index (χ1) is 8.60. The maximum absolute atomic E-state index is 11.9. The molecule has 1 aromatic rings. The summed E-state index contributed by atoms with van der Waals surface area (Å²) in [7, 11) is 0. The van der Waals surface area contributed by atoms with Crippen molar-refractivity contribution in [3.63, 3.8) is 0 Å².